The van der Waals surface area contributed by atoms with Crippen molar-refractivity contribution in [3.63, 3.8) is 0 Å². The van der Waals surface area contributed by atoms with Crippen LogP contribution in [-0.2, 0) is 11.4 Å². The van der Waals surface area contributed by atoms with Gasteiger partial charge in [-0.3, -0.25) is 0 Å². The zero-order valence-electron chi connectivity index (χ0n) is 11.5. The minimum Gasteiger partial charge on any atom is -0.591 e. The van der Waals surface area contributed by atoms with Crippen LogP contribution in [0.15, 0.2) is 19.3 Å². The van der Waals surface area contributed by atoms with Crippen molar-refractivity contribution in [1.82, 2.24) is 9.97 Å². The highest BCUT2D eigenvalue weighted by Crippen LogP contribution is 2.30. The fourth-order valence-corrected chi connectivity index (χ4v) is 3.81. The first kappa shape index (κ1) is 16.2. The second-order valence-electron chi connectivity index (χ2n) is 4.96. The second kappa shape index (κ2) is 6.31. The van der Waals surface area contributed by atoms with Gasteiger partial charge in [-0.15, -0.1) is 11.3 Å². The van der Waals surface area contributed by atoms with Crippen molar-refractivity contribution in [2.75, 3.05) is 6.26 Å². The highest BCUT2D eigenvalue weighted by atomic mass is 79.9. The standard InChI is InChI=1S/C12H14BrN3OS3/c1-12(2,3)20(17)14-6-8-7(13)5-9-10(15-8)16-11(18-4)19-9/h5-6H,1-4H3/b14-6+. The monoisotopic (exact) mass is 391 g/mol. The zero-order chi connectivity index (χ0) is 14.9. The van der Waals surface area contributed by atoms with Gasteiger partial charge in [0.1, 0.15) is 28.0 Å². The summed E-state index contributed by atoms with van der Waals surface area (Å²) >= 11 is 5.38. The number of thiazole rings is 1. The molecule has 0 spiro atoms. The molecule has 0 N–H and O–H groups in total. The molecule has 0 aliphatic rings. The minimum absolute atomic E-state index is 0.375. The van der Waals surface area contributed by atoms with E-state index < -0.39 is 11.4 Å². The van der Waals surface area contributed by atoms with Crippen molar-refractivity contribution in [2.45, 2.75) is 29.9 Å². The zero-order valence-corrected chi connectivity index (χ0v) is 15.5. The quantitative estimate of drug-likeness (QED) is 0.449. The molecule has 2 heterocycles. The molecular weight excluding hydrogens is 378 g/mol. The molecule has 0 aliphatic heterocycles. The molecule has 108 valence electrons. The van der Waals surface area contributed by atoms with Crippen LogP contribution >= 0.6 is 39.0 Å². The van der Waals surface area contributed by atoms with E-state index in [1.807, 2.05) is 33.1 Å². The summed E-state index contributed by atoms with van der Waals surface area (Å²) in [6.45, 7) is 5.66. The Hall–Kier alpha value is -0.150. The number of hydrogen-bond acceptors (Lipinski definition) is 6. The number of rotatable bonds is 3. The molecule has 0 saturated carbocycles. The average molecular weight is 392 g/mol. The molecule has 0 aliphatic carbocycles. The molecule has 2 aromatic rings. The molecule has 1 atom stereocenters. The van der Waals surface area contributed by atoms with E-state index in [1.54, 1.807) is 29.3 Å². The molecule has 0 aromatic carbocycles. The summed E-state index contributed by atoms with van der Waals surface area (Å²) < 4.78 is 18.5. The van der Waals surface area contributed by atoms with Gasteiger partial charge in [-0.2, -0.15) is 0 Å². The van der Waals surface area contributed by atoms with Gasteiger partial charge in [0.05, 0.1) is 4.70 Å². The van der Waals surface area contributed by atoms with E-state index in [0.717, 1.165) is 13.5 Å². The summed E-state index contributed by atoms with van der Waals surface area (Å²) in [6, 6.07) is 1.97. The van der Waals surface area contributed by atoms with E-state index in [-0.39, 0.29) is 4.75 Å². The van der Waals surface area contributed by atoms with E-state index in [2.05, 4.69) is 30.3 Å². The molecule has 0 bridgehead atoms. The number of thioether (sulfide) groups is 1. The van der Waals surface area contributed by atoms with Gasteiger partial charge in [0.2, 0.25) is 0 Å². The van der Waals surface area contributed by atoms with E-state index in [9.17, 15) is 4.55 Å². The Balaban J connectivity index is 2.34. The number of halogens is 1. The predicted octanol–water partition coefficient (Wildman–Crippen LogP) is 4.06. The van der Waals surface area contributed by atoms with Crippen LogP contribution in [0.5, 0.6) is 0 Å². The van der Waals surface area contributed by atoms with Gasteiger partial charge in [0.15, 0.2) is 9.99 Å². The van der Waals surface area contributed by atoms with E-state index in [0.29, 0.717) is 11.3 Å². The highest BCUT2D eigenvalue weighted by Gasteiger charge is 2.26. The third-order valence-corrected chi connectivity index (χ3v) is 6.27. The van der Waals surface area contributed by atoms with Crippen molar-refractivity contribution in [2.24, 2.45) is 4.40 Å². The van der Waals surface area contributed by atoms with Crippen LogP contribution in [0.25, 0.3) is 10.3 Å². The normalized spacial score (nSPS) is 14.3. The highest BCUT2D eigenvalue weighted by molar-refractivity contribution is 9.10. The van der Waals surface area contributed by atoms with Gasteiger partial charge >= 0.3 is 0 Å². The van der Waals surface area contributed by atoms with Crippen LogP contribution in [0, 0.1) is 0 Å². The summed E-state index contributed by atoms with van der Waals surface area (Å²) in [6.07, 6.45) is 3.53. The molecule has 4 nitrogen and oxygen atoms in total. The first-order chi connectivity index (χ1) is 9.31. The van der Waals surface area contributed by atoms with Gasteiger partial charge in [0, 0.05) is 4.47 Å². The van der Waals surface area contributed by atoms with E-state index >= 15 is 0 Å². The van der Waals surface area contributed by atoms with Crippen molar-refractivity contribution < 1.29 is 4.55 Å². The first-order valence-corrected chi connectivity index (χ1v) is 9.72. The largest absolute Gasteiger partial charge is 0.591 e. The number of fused-ring (bicyclic) bond motifs is 1. The number of aromatic nitrogens is 2. The first-order valence-electron chi connectivity index (χ1n) is 5.78. The smallest absolute Gasteiger partial charge is 0.172 e. The molecule has 1 unspecified atom stereocenters. The average Bonchev–Trinajstić information content (AvgIpc) is 2.76. The fraction of sp³-hybridized carbons (Fsp3) is 0.417. The molecule has 0 radical (unpaired) electrons. The van der Waals surface area contributed by atoms with Gasteiger partial charge in [-0.1, -0.05) is 16.2 Å². The summed E-state index contributed by atoms with van der Waals surface area (Å²) in [7, 11) is 0. The topological polar surface area (TPSA) is 61.2 Å². The number of pyridine rings is 1. The molecule has 2 rings (SSSR count). The molecule has 8 heteroatoms. The molecular formula is C12H14BrN3OS3. The summed E-state index contributed by atoms with van der Waals surface area (Å²) in [5.41, 5.74) is 1.35. The van der Waals surface area contributed by atoms with Gasteiger partial charge < -0.3 is 4.55 Å². The third kappa shape index (κ3) is 3.73. The molecule has 0 amide bonds. The Morgan fingerprint density at radius 2 is 2.15 bits per heavy atom. The maximum absolute atomic E-state index is 11.9. The number of hydrogen-bond donors (Lipinski definition) is 0. The lowest BCUT2D eigenvalue weighted by atomic mass is 10.3. The Kier molecular flexibility index (Phi) is 5.12. The Labute approximate surface area is 137 Å². The van der Waals surface area contributed by atoms with Gasteiger partial charge in [0.25, 0.3) is 0 Å². The van der Waals surface area contributed by atoms with Crippen molar-refractivity contribution >= 4 is 67.0 Å². The summed E-state index contributed by atoms with van der Waals surface area (Å²) in [5.74, 6) is 0. The van der Waals surface area contributed by atoms with Crippen LogP contribution in [0.4, 0.5) is 0 Å². The van der Waals surface area contributed by atoms with Crippen molar-refractivity contribution in [3.05, 3.63) is 16.2 Å². The molecule has 0 fully saturated rings. The SMILES string of the molecule is CSc1nc2nc(/C=N/[S+]([O-])C(C)(C)C)c(Br)cc2s1. The Morgan fingerprint density at radius 1 is 1.45 bits per heavy atom. The second-order valence-corrected chi connectivity index (χ2v) is 9.83. The van der Waals surface area contributed by atoms with Crippen LogP contribution in [0.3, 0.4) is 0 Å². The van der Waals surface area contributed by atoms with Crippen molar-refractivity contribution in [1.29, 1.82) is 0 Å². The van der Waals surface area contributed by atoms with E-state index in [1.165, 1.54) is 0 Å². The maximum atomic E-state index is 11.9. The van der Waals surface area contributed by atoms with Crippen LogP contribution in [0.2, 0.25) is 0 Å². The summed E-state index contributed by atoms with van der Waals surface area (Å²) in [5, 5.41) is 0. The Morgan fingerprint density at radius 3 is 2.75 bits per heavy atom. The molecule has 0 saturated heterocycles. The molecule has 20 heavy (non-hydrogen) atoms. The van der Waals surface area contributed by atoms with Crippen LogP contribution in [-0.4, -0.2) is 31.7 Å². The van der Waals surface area contributed by atoms with E-state index in [4.69, 9.17) is 0 Å². The summed E-state index contributed by atoms with van der Waals surface area (Å²) in [4.78, 5) is 8.87. The minimum atomic E-state index is -1.29. The van der Waals surface area contributed by atoms with Crippen molar-refractivity contribution in [3.8, 4) is 0 Å². The fourth-order valence-electron chi connectivity index (χ4n) is 1.27. The molecule has 2 aromatic heterocycles. The lowest BCUT2D eigenvalue weighted by Crippen LogP contribution is -2.25. The number of nitrogens with zero attached hydrogens (tertiary/aromatic N) is 3. The van der Waals surface area contributed by atoms with Crippen LogP contribution < -0.4 is 0 Å². The van der Waals surface area contributed by atoms with Gasteiger partial charge in [-0.05, 0) is 49.0 Å². The Bertz CT molecular complexity index is 651. The van der Waals surface area contributed by atoms with Crippen LogP contribution in [0.1, 0.15) is 26.5 Å². The lowest BCUT2D eigenvalue weighted by molar-refractivity contribution is 0.562. The van der Waals surface area contributed by atoms with Gasteiger partial charge in [-0.25, -0.2) is 9.97 Å². The predicted molar refractivity (Wildman–Crippen MR) is 92.4 cm³/mol. The third-order valence-electron chi connectivity index (χ3n) is 2.31. The maximum Gasteiger partial charge on any atom is 0.172 e. The lowest BCUT2D eigenvalue weighted by Gasteiger charge is -2.17.